The summed E-state index contributed by atoms with van der Waals surface area (Å²) in [5.74, 6) is -0.200. The van der Waals surface area contributed by atoms with Gasteiger partial charge in [-0.25, -0.2) is 0 Å². The van der Waals surface area contributed by atoms with Crippen molar-refractivity contribution < 1.29 is 9.59 Å². The lowest BCUT2D eigenvalue weighted by Crippen LogP contribution is -2.26. The summed E-state index contributed by atoms with van der Waals surface area (Å²) in [5.41, 5.74) is 6.00. The molecule has 0 amide bonds. The molecule has 4 aromatic rings. The number of hydrogen-bond acceptors (Lipinski definition) is 6. The average Bonchev–Trinajstić information content (AvgIpc) is 3.04. The number of carbonyl (C=O) groups excluding carboxylic acids is 2. The lowest BCUT2D eigenvalue weighted by molar-refractivity contribution is 0.0975. The van der Waals surface area contributed by atoms with E-state index in [2.05, 4.69) is 115 Å². The molecule has 0 saturated carbocycles. The van der Waals surface area contributed by atoms with E-state index in [1.54, 1.807) is 23.5 Å². The van der Waals surface area contributed by atoms with Gasteiger partial charge in [0.05, 0.1) is 11.1 Å². The molecule has 5 rings (SSSR count). The molecule has 0 unspecified atom stereocenters. The molecule has 0 aromatic heterocycles. The van der Waals surface area contributed by atoms with Gasteiger partial charge in [0.2, 0.25) is 0 Å². The summed E-state index contributed by atoms with van der Waals surface area (Å²) in [4.78, 5) is 33.5. The van der Waals surface area contributed by atoms with Crippen LogP contribution in [0.2, 0.25) is 0 Å². The minimum absolute atomic E-state index is 0.0441. The van der Waals surface area contributed by atoms with Gasteiger partial charge in [0.25, 0.3) is 0 Å². The fourth-order valence-electron chi connectivity index (χ4n) is 5.90. The molecule has 252 valence electrons. The number of nitrogens with one attached hydrogen (secondary N) is 2. The maximum Gasteiger partial charge on any atom is 0.197 e. The lowest BCUT2D eigenvalue weighted by atomic mass is 9.82. The molecule has 0 aliphatic heterocycles. The summed E-state index contributed by atoms with van der Waals surface area (Å²) in [6, 6.07) is 25.1. The molecule has 0 spiro atoms. The molecule has 48 heavy (non-hydrogen) atoms. The summed E-state index contributed by atoms with van der Waals surface area (Å²) in [6.07, 6.45) is 4.02. The highest BCUT2D eigenvalue weighted by Crippen LogP contribution is 2.46. The van der Waals surface area contributed by atoms with E-state index in [9.17, 15) is 9.59 Å². The van der Waals surface area contributed by atoms with Crippen LogP contribution in [-0.2, 0) is 10.8 Å². The van der Waals surface area contributed by atoms with Gasteiger partial charge in [-0.15, -0.1) is 0 Å². The Hall–Kier alpha value is -3.48. The van der Waals surface area contributed by atoms with Gasteiger partial charge in [0.1, 0.15) is 0 Å². The van der Waals surface area contributed by atoms with Crippen molar-refractivity contribution in [2.75, 3.05) is 23.7 Å². The van der Waals surface area contributed by atoms with Gasteiger partial charge in [-0.2, -0.15) is 0 Å². The molecular weight excluding hydrogens is 629 g/mol. The SMILES string of the molecule is CCCCNc1ccc(NCCCC)c2c1C(=O)c1c(Sc3ccc(C(C)(C)C)cc3)ccc(Sc3ccc(C(C)(C)C)cc3)c1C2=O. The molecule has 0 atom stereocenters. The molecule has 4 nitrogen and oxygen atoms in total. The van der Waals surface area contributed by atoms with Gasteiger partial charge in [0.15, 0.2) is 11.6 Å². The summed E-state index contributed by atoms with van der Waals surface area (Å²) >= 11 is 3.10. The maximum atomic E-state index is 14.9. The van der Waals surface area contributed by atoms with Crippen LogP contribution in [0.5, 0.6) is 0 Å². The van der Waals surface area contributed by atoms with Crippen LogP contribution in [0.4, 0.5) is 11.4 Å². The molecule has 1 aliphatic carbocycles. The van der Waals surface area contributed by atoms with Crippen molar-refractivity contribution in [1.29, 1.82) is 0 Å². The first kappa shape index (κ1) is 35.8. The van der Waals surface area contributed by atoms with Crippen LogP contribution in [-0.4, -0.2) is 24.7 Å². The Morgan fingerprint density at radius 2 is 0.854 bits per heavy atom. The first-order chi connectivity index (χ1) is 22.8. The van der Waals surface area contributed by atoms with E-state index in [1.165, 1.54) is 11.1 Å². The minimum atomic E-state index is -0.0999. The van der Waals surface area contributed by atoms with Crippen molar-refractivity contribution in [3.63, 3.8) is 0 Å². The predicted octanol–water partition coefficient (Wildman–Crippen LogP) is 11.8. The van der Waals surface area contributed by atoms with Gasteiger partial charge in [-0.05, 0) is 83.3 Å². The van der Waals surface area contributed by atoms with Crippen LogP contribution in [0, 0.1) is 0 Å². The zero-order chi connectivity index (χ0) is 34.6. The molecule has 0 saturated heterocycles. The number of unbranched alkanes of at least 4 members (excludes halogenated alkanes) is 2. The van der Waals surface area contributed by atoms with Crippen molar-refractivity contribution >= 4 is 46.5 Å². The zero-order valence-corrected chi connectivity index (χ0v) is 31.4. The van der Waals surface area contributed by atoms with Crippen molar-refractivity contribution in [2.24, 2.45) is 0 Å². The Labute approximate surface area is 296 Å². The average molecular weight is 679 g/mol. The maximum absolute atomic E-state index is 14.9. The Bertz CT molecular complexity index is 1650. The summed E-state index contributed by atoms with van der Waals surface area (Å²) in [5, 5.41) is 7.00. The number of fused-ring (bicyclic) bond motifs is 2. The number of anilines is 2. The highest BCUT2D eigenvalue weighted by molar-refractivity contribution is 8.00. The molecule has 0 fully saturated rings. The van der Waals surface area contributed by atoms with Gasteiger partial charge < -0.3 is 10.6 Å². The van der Waals surface area contributed by atoms with Gasteiger partial charge >= 0.3 is 0 Å². The topological polar surface area (TPSA) is 58.2 Å². The fraction of sp³-hybridized carbons (Fsp3) is 0.381. The molecule has 6 heteroatoms. The highest BCUT2D eigenvalue weighted by atomic mass is 32.2. The number of carbonyl (C=O) groups is 2. The van der Waals surface area contributed by atoms with E-state index in [0.29, 0.717) is 22.3 Å². The lowest BCUT2D eigenvalue weighted by Gasteiger charge is -2.27. The van der Waals surface area contributed by atoms with Gasteiger partial charge in [-0.3, -0.25) is 9.59 Å². The van der Waals surface area contributed by atoms with E-state index in [0.717, 1.165) is 69.7 Å². The summed E-state index contributed by atoms with van der Waals surface area (Å²) < 4.78 is 0. The minimum Gasteiger partial charge on any atom is -0.384 e. The zero-order valence-electron chi connectivity index (χ0n) is 29.8. The number of rotatable bonds is 12. The molecule has 0 bridgehead atoms. The van der Waals surface area contributed by atoms with E-state index in [-0.39, 0.29) is 22.4 Å². The Morgan fingerprint density at radius 1 is 0.500 bits per heavy atom. The Morgan fingerprint density at radius 3 is 1.17 bits per heavy atom. The Kier molecular flexibility index (Phi) is 11.2. The second kappa shape index (κ2) is 15.0. The van der Waals surface area contributed by atoms with Crippen molar-refractivity contribution in [3.05, 3.63) is 106 Å². The molecule has 0 radical (unpaired) electrons. The van der Waals surface area contributed by atoms with Crippen molar-refractivity contribution in [1.82, 2.24) is 0 Å². The van der Waals surface area contributed by atoms with Crippen LogP contribution in [0.25, 0.3) is 0 Å². The fourth-order valence-corrected chi connectivity index (χ4v) is 7.82. The van der Waals surface area contributed by atoms with Crippen LogP contribution < -0.4 is 10.6 Å². The van der Waals surface area contributed by atoms with Gasteiger partial charge in [0, 0.05) is 55.2 Å². The third-order valence-corrected chi connectivity index (χ3v) is 11.0. The smallest absolute Gasteiger partial charge is 0.197 e. The standard InChI is InChI=1S/C42H50N2O2S2/c1-9-11-25-43-31-21-22-32(44-26-12-10-2)36-35(31)39(45)37-33(47-29-17-13-27(14-18-29)41(3,4)5)23-24-34(38(37)40(36)46)48-30-19-15-28(16-20-30)42(6,7)8/h13-24,43-44H,9-12,25-26H2,1-8H3. The van der Waals surface area contributed by atoms with Crippen molar-refractivity contribution in [2.45, 2.75) is 111 Å². The highest BCUT2D eigenvalue weighted by Gasteiger charge is 2.38. The molecule has 4 aromatic carbocycles. The first-order valence-corrected chi connectivity index (χ1v) is 18.9. The van der Waals surface area contributed by atoms with Gasteiger partial charge in [-0.1, -0.05) is 116 Å². The number of hydrogen-bond donors (Lipinski definition) is 2. The molecule has 2 N–H and O–H groups in total. The van der Waals surface area contributed by atoms with E-state index < -0.39 is 0 Å². The monoisotopic (exact) mass is 678 g/mol. The van der Waals surface area contributed by atoms with E-state index >= 15 is 0 Å². The van der Waals surface area contributed by atoms with E-state index in [4.69, 9.17) is 0 Å². The van der Waals surface area contributed by atoms with Crippen molar-refractivity contribution in [3.8, 4) is 0 Å². The van der Waals surface area contributed by atoms with E-state index in [1.807, 2.05) is 24.3 Å². The second-order valence-corrected chi connectivity index (χ2v) is 16.9. The first-order valence-electron chi connectivity index (χ1n) is 17.3. The molecular formula is C42H50N2O2S2. The number of benzene rings is 4. The quantitative estimate of drug-likeness (QED) is 0.128. The molecule has 0 heterocycles. The molecule has 1 aliphatic rings. The van der Waals surface area contributed by atoms with Crippen LogP contribution in [0.15, 0.2) is 92.4 Å². The van der Waals surface area contributed by atoms with Crippen LogP contribution in [0.1, 0.15) is 124 Å². The summed E-state index contributed by atoms with van der Waals surface area (Å²) in [7, 11) is 0. The Balaban J connectivity index is 1.65. The summed E-state index contributed by atoms with van der Waals surface area (Å²) in [6.45, 7) is 19.0. The largest absolute Gasteiger partial charge is 0.384 e. The third kappa shape index (κ3) is 7.87. The number of ketones is 2. The predicted molar refractivity (Wildman–Crippen MR) is 205 cm³/mol. The van der Waals surface area contributed by atoms with Crippen LogP contribution in [0.3, 0.4) is 0 Å². The third-order valence-electron chi connectivity index (χ3n) is 8.83. The normalized spacial score (nSPS) is 12.9. The van der Waals surface area contributed by atoms with Crippen LogP contribution >= 0.6 is 23.5 Å². The second-order valence-electron chi connectivity index (χ2n) is 14.7.